The Balaban J connectivity index is 0.00000193. The van der Waals surface area contributed by atoms with Gasteiger partial charge in [0.05, 0.1) is 30.9 Å². The molecule has 8 heteroatoms. The topological polar surface area (TPSA) is 78.9 Å². The molecular weight excluding hydrogens is 489 g/mol. The number of piperidine rings is 1. The van der Waals surface area contributed by atoms with Crippen LogP contribution in [0.5, 0.6) is 5.75 Å². The number of imidazole rings is 1. The summed E-state index contributed by atoms with van der Waals surface area (Å²) in [6.07, 6.45) is 7.26. The highest BCUT2D eigenvalue weighted by atomic mass is 79.9. The summed E-state index contributed by atoms with van der Waals surface area (Å²) in [6.45, 7) is 4.62. The maximum Gasteiger partial charge on any atom is 0.250 e. The first-order valence-electron chi connectivity index (χ1n) is 10.4. The molecule has 0 bridgehead atoms. The number of likely N-dealkylation sites (tertiary alicyclic amines) is 1. The lowest BCUT2D eigenvalue weighted by Crippen LogP contribution is -2.38. The van der Waals surface area contributed by atoms with Gasteiger partial charge in [-0.2, -0.15) is 0 Å². The zero-order valence-corrected chi connectivity index (χ0v) is 20.6. The van der Waals surface area contributed by atoms with Crippen molar-refractivity contribution in [2.24, 2.45) is 0 Å². The van der Waals surface area contributed by atoms with Crippen molar-refractivity contribution in [3.63, 3.8) is 0 Å². The molecule has 4 rings (SSSR count). The molecule has 2 N–H and O–H groups in total. The first kappa shape index (κ1) is 26.3. The highest BCUT2D eigenvalue weighted by Crippen LogP contribution is 2.30. The molecule has 0 unspecified atom stereocenters. The third-order valence-corrected chi connectivity index (χ3v) is 5.74. The molecule has 1 atom stereocenters. The van der Waals surface area contributed by atoms with Crippen molar-refractivity contribution in [2.45, 2.75) is 32.7 Å². The zero-order chi connectivity index (χ0) is 22.0. The summed E-state index contributed by atoms with van der Waals surface area (Å²) in [4.78, 5) is 19.3. The molecule has 0 aliphatic carbocycles. The Morgan fingerprint density at radius 3 is 2.55 bits per heavy atom. The molecule has 0 saturated carbocycles. The second-order valence-electron chi connectivity index (χ2n) is 7.85. The minimum absolute atomic E-state index is 0. The molecule has 1 saturated heterocycles. The number of nitrogens with zero attached hydrogens (tertiary/aromatic N) is 3. The first-order chi connectivity index (χ1) is 15.0. The first-order valence-corrected chi connectivity index (χ1v) is 10.4. The maximum absolute atomic E-state index is 13.3. The Labute approximate surface area is 203 Å². The summed E-state index contributed by atoms with van der Waals surface area (Å²) in [5, 5.41) is 0. The summed E-state index contributed by atoms with van der Waals surface area (Å²) in [7, 11) is 1.64. The van der Waals surface area contributed by atoms with Crippen LogP contribution in [0.2, 0.25) is 0 Å². The third-order valence-electron chi connectivity index (χ3n) is 5.74. The van der Waals surface area contributed by atoms with E-state index in [0.717, 1.165) is 40.9 Å². The molecule has 3 aromatic rings. The summed E-state index contributed by atoms with van der Waals surface area (Å²) < 4.78 is 20.8. The van der Waals surface area contributed by atoms with Crippen LogP contribution in [-0.4, -0.2) is 39.5 Å². The van der Waals surface area contributed by atoms with E-state index in [2.05, 4.69) is 4.98 Å². The SMILES string of the molecule is Br.COc1cc(/C=C2\CCCN([C@@H](C)c3ccc(F)cc3)C2=O)ccc1-n1cnc(C)c1.O. The zero-order valence-electron chi connectivity index (χ0n) is 18.9. The quantitative estimate of drug-likeness (QED) is 0.453. The number of methoxy groups -OCH3 is 1. The predicted molar refractivity (Wildman–Crippen MR) is 133 cm³/mol. The molecule has 0 radical (unpaired) electrons. The number of rotatable bonds is 5. The Bertz CT molecular complexity index is 1130. The van der Waals surface area contributed by atoms with Gasteiger partial charge in [-0.05, 0) is 68.2 Å². The number of benzene rings is 2. The highest BCUT2D eigenvalue weighted by molar-refractivity contribution is 8.93. The largest absolute Gasteiger partial charge is 0.495 e. The molecule has 1 aliphatic rings. The fraction of sp³-hybridized carbons (Fsp3) is 0.280. The summed E-state index contributed by atoms with van der Waals surface area (Å²) in [5.74, 6) is 0.465. The van der Waals surface area contributed by atoms with Gasteiger partial charge in [-0.25, -0.2) is 9.37 Å². The Hall–Kier alpha value is -2.97. The molecule has 1 aliphatic heterocycles. The Kier molecular flexibility index (Phi) is 8.96. The van der Waals surface area contributed by atoms with Gasteiger partial charge in [-0.3, -0.25) is 4.79 Å². The third kappa shape index (κ3) is 5.69. The predicted octanol–water partition coefficient (Wildman–Crippen LogP) is 4.85. The van der Waals surface area contributed by atoms with Crippen LogP contribution in [0, 0.1) is 12.7 Å². The number of ether oxygens (including phenoxy) is 1. The molecule has 6 nitrogen and oxygen atoms in total. The molecule has 0 spiro atoms. The molecule has 176 valence electrons. The van der Waals surface area contributed by atoms with E-state index in [1.165, 1.54) is 12.1 Å². The van der Waals surface area contributed by atoms with E-state index >= 15 is 0 Å². The van der Waals surface area contributed by atoms with E-state index in [1.807, 2.05) is 53.8 Å². The lowest BCUT2D eigenvalue weighted by molar-refractivity contribution is -0.130. The smallest absolute Gasteiger partial charge is 0.250 e. The van der Waals surface area contributed by atoms with Gasteiger partial charge in [0.1, 0.15) is 11.6 Å². The Morgan fingerprint density at radius 2 is 1.91 bits per heavy atom. The minimum atomic E-state index is -0.273. The summed E-state index contributed by atoms with van der Waals surface area (Å²) in [5.41, 5.74) is 4.44. The lowest BCUT2D eigenvalue weighted by atomic mass is 9.97. The lowest BCUT2D eigenvalue weighted by Gasteiger charge is -2.34. The number of carbonyl (C=O) groups excluding carboxylic acids is 1. The van der Waals surface area contributed by atoms with Crippen molar-refractivity contribution in [2.75, 3.05) is 13.7 Å². The van der Waals surface area contributed by atoms with Crippen LogP contribution < -0.4 is 4.74 Å². The average molecular weight is 518 g/mol. The van der Waals surface area contributed by atoms with Crippen LogP contribution in [-0.2, 0) is 4.79 Å². The van der Waals surface area contributed by atoms with Gasteiger partial charge in [0.15, 0.2) is 0 Å². The molecule has 1 fully saturated rings. The summed E-state index contributed by atoms with van der Waals surface area (Å²) >= 11 is 0. The number of hydrogen-bond donors (Lipinski definition) is 0. The van der Waals surface area contributed by atoms with Crippen LogP contribution in [0.3, 0.4) is 0 Å². The number of aryl methyl sites for hydroxylation is 1. The maximum atomic E-state index is 13.3. The standard InChI is InChI=1S/C25H26FN3O2.BrH.H2O/c1-17-15-28(16-27-17)23-11-6-19(14-24(23)31-3)13-21-5-4-12-29(25(21)30)18(2)20-7-9-22(26)10-8-20;;/h6-11,13-16,18H,4-5,12H2,1-3H3;1H;1H2/b21-13+;;/t18-;;/m0../s1. The molecule has 33 heavy (non-hydrogen) atoms. The van der Waals surface area contributed by atoms with E-state index in [9.17, 15) is 9.18 Å². The average Bonchev–Trinajstić information content (AvgIpc) is 3.21. The van der Waals surface area contributed by atoms with Crippen LogP contribution in [0.15, 0.2) is 60.6 Å². The van der Waals surface area contributed by atoms with Gasteiger partial charge in [0.2, 0.25) is 5.91 Å². The van der Waals surface area contributed by atoms with E-state index in [1.54, 1.807) is 25.6 Å². The molecule has 2 heterocycles. The van der Waals surface area contributed by atoms with Crippen LogP contribution in [0.1, 0.15) is 42.6 Å². The van der Waals surface area contributed by atoms with Crippen molar-refractivity contribution in [3.05, 3.63) is 83.2 Å². The minimum Gasteiger partial charge on any atom is -0.495 e. The van der Waals surface area contributed by atoms with Gasteiger partial charge < -0.3 is 19.7 Å². The summed E-state index contributed by atoms with van der Waals surface area (Å²) in [6, 6.07) is 12.1. The van der Waals surface area contributed by atoms with E-state index in [0.29, 0.717) is 12.3 Å². The van der Waals surface area contributed by atoms with Gasteiger partial charge in [0, 0.05) is 18.3 Å². The van der Waals surface area contributed by atoms with Crippen molar-refractivity contribution in [3.8, 4) is 11.4 Å². The fourth-order valence-electron chi connectivity index (χ4n) is 4.01. The number of hydrogen-bond acceptors (Lipinski definition) is 3. The van der Waals surface area contributed by atoms with Gasteiger partial charge in [0.25, 0.3) is 0 Å². The van der Waals surface area contributed by atoms with Crippen LogP contribution >= 0.6 is 17.0 Å². The highest BCUT2D eigenvalue weighted by Gasteiger charge is 2.28. The van der Waals surface area contributed by atoms with Crippen LogP contribution in [0.4, 0.5) is 4.39 Å². The van der Waals surface area contributed by atoms with Crippen molar-refractivity contribution in [1.82, 2.24) is 14.5 Å². The normalized spacial score (nSPS) is 15.6. The van der Waals surface area contributed by atoms with Crippen molar-refractivity contribution < 1.29 is 19.4 Å². The number of aromatic nitrogens is 2. The second-order valence-corrected chi connectivity index (χ2v) is 7.85. The second kappa shape index (κ2) is 11.2. The number of carbonyl (C=O) groups is 1. The monoisotopic (exact) mass is 517 g/mol. The van der Waals surface area contributed by atoms with E-state index < -0.39 is 0 Å². The Morgan fingerprint density at radius 1 is 1.18 bits per heavy atom. The van der Waals surface area contributed by atoms with E-state index in [-0.39, 0.29) is 40.2 Å². The van der Waals surface area contributed by atoms with Crippen molar-refractivity contribution in [1.29, 1.82) is 0 Å². The van der Waals surface area contributed by atoms with Crippen LogP contribution in [0.25, 0.3) is 11.8 Å². The van der Waals surface area contributed by atoms with Gasteiger partial charge in [-0.15, -0.1) is 17.0 Å². The molecule has 1 amide bonds. The van der Waals surface area contributed by atoms with Gasteiger partial charge >= 0.3 is 0 Å². The molecule has 1 aromatic heterocycles. The molecule has 2 aromatic carbocycles. The van der Waals surface area contributed by atoms with Gasteiger partial charge in [-0.1, -0.05) is 18.2 Å². The number of amides is 1. The molecular formula is C25H29BrFN3O3. The number of halogens is 2. The van der Waals surface area contributed by atoms with E-state index in [4.69, 9.17) is 4.74 Å². The fourth-order valence-corrected chi connectivity index (χ4v) is 4.01. The van der Waals surface area contributed by atoms with Crippen molar-refractivity contribution >= 4 is 29.0 Å².